The minimum Gasteiger partial charge on any atom is -0.493 e. The molecule has 9 nitrogen and oxygen atoms in total. The summed E-state index contributed by atoms with van der Waals surface area (Å²) >= 11 is 0. The number of aliphatic hydroxyl groups excluding tert-OH is 1. The van der Waals surface area contributed by atoms with Crippen molar-refractivity contribution in [3.8, 4) is 11.5 Å². The van der Waals surface area contributed by atoms with E-state index >= 15 is 0 Å². The smallest absolute Gasteiger partial charge is 0.259 e. The molecule has 4 heterocycles. The van der Waals surface area contributed by atoms with Crippen LogP contribution in [0.4, 0.5) is 0 Å². The maximum Gasteiger partial charge on any atom is 0.259 e. The number of hydrogen-bond acceptors (Lipinski definition) is 6. The number of β-amino-alcohol motifs (C(OH)–C–C–N with tert-alkyl or cyclic N) is 1. The largest absolute Gasteiger partial charge is 0.493 e. The standard InChI is InChI=1S/C30H32N4O5/c1-38-24-11-10-20-22(17-34(27(20)28(24)39-2)16-18(35)15-33-12-6-3-7-13-33)26-25(29(36)32-30(26)37)21-14-31-23-9-5-4-8-19(21)23/h4-5,8-11,14,17-18,31,35H,3,6-7,12-13,15-16H2,1-2H3,(H,32,36,37). The van der Waals surface area contributed by atoms with Gasteiger partial charge in [0.2, 0.25) is 0 Å². The number of rotatable bonds is 8. The highest BCUT2D eigenvalue weighted by Crippen LogP contribution is 2.43. The zero-order valence-corrected chi connectivity index (χ0v) is 22.1. The van der Waals surface area contributed by atoms with Crippen LogP contribution < -0.4 is 14.8 Å². The molecule has 4 aromatic rings. The van der Waals surface area contributed by atoms with E-state index < -0.39 is 17.9 Å². The molecule has 0 bridgehead atoms. The number of fused-ring (bicyclic) bond motifs is 2. The molecule has 0 spiro atoms. The summed E-state index contributed by atoms with van der Waals surface area (Å²) in [6.07, 6.45) is 6.48. The zero-order chi connectivity index (χ0) is 27.1. The maximum absolute atomic E-state index is 13.3. The number of carbonyl (C=O) groups is 2. The van der Waals surface area contributed by atoms with Crippen LogP contribution in [0.2, 0.25) is 0 Å². The summed E-state index contributed by atoms with van der Waals surface area (Å²) in [7, 11) is 3.14. The minimum absolute atomic E-state index is 0.293. The van der Waals surface area contributed by atoms with Crippen LogP contribution >= 0.6 is 0 Å². The molecule has 2 aliphatic rings. The van der Waals surface area contributed by atoms with E-state index in [2.05, 4.69) is 15.2 Å². The van der Waals surface area contributed by atoms with Gasteiger partial charge in [0, 0.05) is 52.9 Å². The van der Waals surface area contributed by atoms with E-state index in [9.17, 15) is 14.7 Å². The number of benzene rings is 2. The minimum atomic E-state index is -0.636. The number of aromatic amines is 1. The second-order valence-corrected chi connectivity index (χ2v) is 10.2. The van der Waals surface area contributed by atoms with Crippen LogP contribution in [0.5, 0.6) is 11.5 Å². The Morgan fingerprint density at radius 3 is 2.38 bits per heavy atom. The monoisotopic (exact) mass is 528 g/mol. The van der Waals surface area contributed by atoms with Crippen LogP contribution in [0.15, 0.2) is 48.8 Å². The first kappa shape index (κ1) is 25.2. The summed E-state index contributed by atoms with van der Waals surface area (Å²) in [6.45, 7) is 2.81. The predicted octanol–water partition coefficient (Wildman–Crippen LogP) is 3.55. The number of aliphatic hydroxyl groups is 1. The molecule has 1 atom stereocenters. The van der Waals surface area contributed by atoms with Crippen molar-refractivity contribution in [3.05, 3.63) is 59.9 Å². The predicted molar refractivity (Wildman–Crippen MR) is 150 cm³/mol. The average molecular weight is 529 g/mol. The van der Waals surface area contributed by atoms with Gasteiger partial charge >= 0.3 is 0 Å². The van der Waals surface area contributed by atoms with E-state index in [1.54, 1.807) is 26.5 Å². The second-order valence-electron chi connectivity index (χ2n) is 10.2. The summed E-state index contributed by atoms with van der Waals surface area (Å²) < 4.78 is 13.3. The summed E-state index contributed by atoms with van der Waals surface area (Å²) in [4.78, 5) is 32.0. The van der Waals surface area contributed by atoms with Crippen molar-refractivity contribution in [3.63, 3.8) is 0 Å². The van der Waals surface area contributed by atoms with Crippen LogP contribution in [0.1, 0.15) is 30.4 Å². The molecule has 1 fully saturated rings. The van der Waals surface area contributed by atoms with Gasteiger partial charge in [-0.1, -0.05) is 24.6 Å². The third kappa shape index (κ3) is 4.37. The fourth-order valence-corrected chi connectivity index (χ4v) is 6.02. The molecule has 3 N–H and O–H groups in total. The van der Waals surface area contributed by atoms with E-state index in [-0.39, 0.29) is 0 Å². The maximum atomic E-state index is 13.3. The summed E-state index contributed by atoms with van der Waals surface area (Å²) in [5.41, 5.74) is 3.45. The highest BCUT2D eigenvalue weighted by Gasteiger charge is 2.36. The Morgan fingerprint density at radius 1 is 0.897 bits per heavy atom. The molecule has 9 heteroatoms. The lowest BCUT2D eigenvalue weighted by Crippen LogP contribution is -2.37. The van der Waals surface area contributed by atoms with Gasteiger partial charge in [-0.05, 0) is 44.1 Å². The Balaban J connectivity index is 1.52. The van der Waals surface area contributed by atoms with Gasteiger partial charge in [0.1, 0.15) is 0 Å². The number of hydrogen-bond donors (Lipinski definition) is 3. The summed E-state index contributed by atoms with van der Waals surface area (Å²) in [5.74, 6) is 0.152. The molecule has 39 heavy (non-hydrogen) atoms. The number of H-pyrrole nitrogens is 1. The lowest BCUT2D eigenvalue weighted by molar-refractivity contribution is -0.122. The topological polar surface area (TPSA) is 109 Å². The van der Waals surface area contributed by atoms with Crippen molar-refractivity contribution in [2.75, 3.05) is 33.9 Å². The normalized spacial score (nSPS) is 17.3. The van der Waals surface area contributed by atoms with Crippen LogP contribution in [-0.2, 0) is 16.1 Å². The highest BCUT2D eigenvalue weighted by atomic mass is 16.5. The molecule has 202 valence electrons. The number of nitrogens with zero attached hydrogens (tertiary/aromatic N) is 2. The first-order valence-electron chi connectivity index (χ1n) is 13.3. The Labute approximate surface area is 226 Å². The van der Waals surface area contributed by atoms with Gasteiger partial charge in [0.15, 0.2) is 11.5 Å². The molecular weight excluding hydrogens is 496 g/mol. The molecular formula is C30H32N4O5. The number of nitrogens with one attached hydrogen (secondary N) is 2. The number of likely N-dealkylation sites (tertiary alicyclic amines) is 1. The molecule has 1 unspecified atom stereocenters. The van der Waals surface area contributed by atoms with Crippen molar-refractivity contribution >= 4 is 44.8 Å². The molecule has 2 aromatic carbocycles. The van der Waals surface area contributed by atoms with Gasteiger partial charge in [-0.2, -0.15) is 0 Å². The van der Waals surface area contributed by atoms with Gasteiger partial charge in [-0.15, -0.1) is 0 Å². The van der Waals surface area contributed by atoms with E-state index in [4.69, 9.17) is 9.47 Å². The number of carbonyl (C=O) groups excluding carboxylic acids is 2. The van der Waals surface area contributed by atoms with Gasteiger partial charge in [-0.25, -0.2) is 0 Å². The second kappa shape index (κ2) is 10.2. The van der Waals surface area contributed by atoms with Crippen LogP contribution in [0.25, 0.3) is 33.0 Å². The number of piperidine rings is 1. The average Bonchev–Trinajstić information content (AvgIpc) is 3.61. The molecule has 2 aromatic heterocycles. The number of para-hydroxylation sites is 1. The van der Waals surface area contributed by atoms with Crippen LogP contribution in [0.3, 0.4) is 0 Å². The molecule has 0 aliphatic carbocycles. The molecule has 6 rings (SSSR count). The van der Waals surface area contributed by atoms with Crippen molar-refractivity contribution in [2.24, 2.45) is 0 Å². The molecule has 2 amide bonds. The first-order chi connectivity index (χ1) is 19.0. The lowest BCUT2D eigenvalue weighted by Gasteiger charge is -2.28. The van der Waals surface area contributed by atoms with Gasteiger partial charge in [0.05, 0.1) is 37.0 Å². The Hall–Kier alpha value is -4.08. The van der Waals surface area contributed by atoms with Crippen molar-refractivity contribution in [1.82, 2.24) is 19.8 Å². The van der Waals surface area contributed by atoms with Gasteiger partial charge in [0.25, 0.3) is 11.8 Å². The number of methoxy groups -OCH3 is 2. The van der Waals surface area contributed by atoms with Crippen LogP contribution in [0, 0.1) is 0 Å². The van der Waals surface area contributed by atoms with E-state index in [1.807, 2.05) is 41.1 Å². The molecule has 0 radical (unpaired) electrons. The molecule has 0 saturated carbocycles. The number of aromatic nitrogens is 2. The van der Waals surface area contributed by atoms with Gasteiger partial charge in [-0.3, -0.25) is 14.9 Å². The quantitative estimate of drug-likeness (QED) is 0.302. The third-order valence-electron chi connectivity index (χ3n) is 7.77. The van der Waals surface area contributed by atoms with E-state index in [0.717, 1.165) is 42.2 Å². The van der Waals surface area contributed by atoms with Crippen molar-refractivity contribution < 1.29 is 24.2 Å². The lowest BCUT2D eigenvalue weighted by atomic mass is 9.95. The van der Waals surface area contributed by atoms with Crippen molar-refractivity contribution in [2.45, 2.75) is 31.9 Å². The molecule has 2 aliphatic heterocycles. The Kier molecular flexibility index (Phi) is 6.62. The molecule has 1 saturated heterocycles. The summed E-state index contributed by atoms with van der Waals surface area (Å²) in [5, 5.41) is 15.2. The van der Waals surface area contributed by atoms with E-state index in [0.29, 0.717) is 52.4 Å². The Bertz CT molecular complexity index is 1610. The summed E-state index contributed by atoms with van der Waals surface area (Å²) in [6, 6.07) is 11.3. The fraction of sp³-hybridized carbons (Fsp3) is 0.333. The number of imide groups is 1. The highest BCUT2D eigenvalue weighted by molar-refractivity contribution is 6.50. The van der Waals surface area contributed by atoms with Crippen molar-refractivity contribution in [1.29, 1.82) is 0 Å². The van der Waals surface area contributed by atoms with Crippen LogP contribution in [-0.4, -0.2) is 71.3 Å². The number of ether oxygens (including phenoxy) is 2. The van der Waals surface area contributed by atoms with Gasteiger partial charge < -0.3 is 29.0 Å². The SMILES string of the molecule is COc1ccc2c(C3=C(c4c[nH]c5ccccc45)C(=O)NC3=O)cn(CC(O)CN3CCCCC3)c2c1OC. The van der Waals surface area contributed by atoms with E-state index in [1.165, 1.54) is 6.42 Å². The third-order valence-corrected chi connectivity index (χ3v) is 7.77. The number of amides is 2. The Morgan fingerprint density at radius 2 is 1.64 bits per heavy atom. The fourth-order valence-electron chi connectivity index (χ4n) is 6.02. The first-order valence-corrected chi connectivity index (χ1v) is 13.3. The zero-order valence-electron chi connectivity index (χ0n) is 22.1.